The summed E-state index contributed by atoms with van der Waals surface area (Å²) in [5, 5.41) is 4.25. The molecule has 0 saturated carbocycles. The van der Waals surface area contributed by atoms with E-state index in [-0.39, 0.29) is 0 Å². The van der Waals surface area contributed by atoms with Crippen LogP contribution in [0.25, 0.3) is 0 Å². The molecule has 1 aliphatic heterocycles. The summed E-state index contributed by atoms with van der Waals surface area (Å²) in [5.74, 6) is 0. The summed E-state index contributed by atoms with van der Waals surface area (Å²) in [6.07, 6.45) is 6.26. The number of hydrogen-bond acceptors (Lipinski definition) is 1. The average molecular weight is 262 g/mol. The maximum atomic E-state index is 5.51. The lowest BCUT2D eigenvalue weighted by Gasteiger charge is -2.24. The van der Waals surface area contributed by atoms with Crippen molar-refractivity contribution in [2.75, 3.05) is 18.4 Å². The standard InChI is InChI=1S/C15H22N2S/c1-2-13-8-7-9-14(12-13)16-15(18)17-10-5-3-4-6-11-17/h7-9,12H,2-6,10-11H2,1H3,(H,16,18). The first-order chi connectivity index (χ1) is 8.79. The molecule has 2 nitrogen and oxygen atoms in total. The van der Waals surface area contributed by atoms with Crippen molar-refractivity contribution < 1.29 is 0 Å². The van der Waals surface area contributed by atoms with Crippen molar-refractivity contribution in [3.63, 3.8) is 0 Å². The molecule has 0 radical (unpaired) electrons. The number of aryl methyl sites for hydroxylation is 1. The third kappa shape index (κ3) is 3.70. The second-order valence-electron chi connectivity index (χ2n) is 4.89. The van der Waals surface area contributed by atoms with Gasteiger partial charge in [-0.2, -0.15) is 0 Å². The molecule has 1 heterocycles. The van der Waals surface area contributed by atoms with Gasteiger partial charge in [-0.3, -0.25) is 0 Å². The third-order valence-corrected chi connectivity index (χ3v) is 3.84. The zero-order valence-corrected chi connectivity index (χ0v) is 11.9. The zero-order valence-electron chi connectivity index (χ0n) is 11.1. The predicted molar refractivity (Wildman–Crippen MR) is 82.1 cm³/mol. The normalized spacial score (nSPS) is 16.2. The summed E-state index contributed by atoms with van der Waals surface area (Å²) in [7, 11) is 0. The molecule has 1 aliphatic rings. The van der Waals surface area contributed by atoms with Crippen LogP contribution in [-0.4, -0.2) is 23.1 Å². The topological polar surface area (TPSA) is 15.3 Å². The van der Waals surface area contributed by atoms with Crippen LogP contribution in [-0.2, 0) is 6.42 Å². The minimum atomic E-state index is 0.880. The molecule has 0 amide bonds. The summed E-state index contributed by atoms with van der Waals surface area (Å²) in [6, 6.07) is 8.51. The first-order valence-corrected chi connectivity index (χ1v) is 7.35. The van der Waals surface area contributed by atoms with Gasteiger partial charge in [0.15, 0.2) is 5.11 Å². The van der Waals surface area contributed by atoms with Gasteiger partial charge in [0.2, 0.25) is 0 Å². The highest BCUT2D eigenvalue weighted by molar-refractivity contribution is 7.80. The molecule has 0 spiro atoms. The number of benzene rings is 1. The summed E-state index contributed by atoms with van der Waals surface area (Å²) in [6.45, 7) is 4.37. The van der Waals surface area contributed by atoms with Crippen molar-refractivity contribution in [2.24, 2.45) is 0 Å². The SMILES string of the molecule is CCc1cccc(NC(=S)N2CCCCCC2)c1. The molecule has 0 atom stereocenters. The van der Waals surface area contributed by atoms with Crippen molar-refractivity contribution in [3.05, 3.63) is 29.8 Å². The van der Waals surface area contributed by atoms with Crippen LogP contribution in [0.5, 0.6) is 0 Å². The van der Waals surface area contributed by atoms with Crippen molar-refractivity contribution in [1.82, 2.24) is 4.90 Å². The Balaban J connectivity index is 1.96. The highest BCUT2D eigenvalue weighted by Gasteiger charge is 2.12. The largest absolute Gasteiger partial charge is 0.349 e. The quantitative estimate of drug-likeness (QED) is 0.816. The zero-order chi connectivity index (χ0) is 12.8. The lowest BCUT2D eigenvalue weighted by molar-refractivity contribution is 0.441. The van der Waals surface area contributed by atoms with E-state index in [0.29, 0.717) is 0 Å². The lowest BCUT2D eigenvalue weighted by atomic mass is 10.1. The van der Waals surface area contributed by atoms with Crippen molar-refractivity contribution in [3.8, 4) is 0 Å². The van der Waals surface area contributed by atoms with Crippen LogP contribution in [0.2, 0.25) is 0 Å². The number of thiocarbonyl (C=S) groups is 1. The molecule has 3 heteroatoms. The Morgan fingerprint density at radius 1 is 1.22 bits per heavy atom. The van der Waals surface area contributed by atoms with Gasteiger partial charge in [-0.25, -0.2) is 0 Å². The molecule has 18 heavy (non-hydrogen) atoms. The van der Waals surface area contributed by atoms with Gasteiger partial charge in [0.1, 0.15) is 0 Å². The number of rotatable bonds is 2. The highest BCUT2D eigenvalue weighted by Crippen LogP contribution is 2.14. The second-order valence-corrected chi connectivity index (χ2v) is 5.27. The molecular formula is C15H22N2S. The van der Waals surface area contributed by atoms with E-state index in [1.807, 2.05) is 0 Å². The number of anilines is 1. The first kappa shape index (κ1) is 13.3. The van der Waals surface area contributed by atoms with E-state index in [1.165, 1.54) is 31.2 Å². The smallest absolute Gasteiger partial charge is 0.173 e. The summed E-state index contributed by atoms with van der Waals surface area (Å²) in [4.78, 5) is 2.31. The molecule has 0 aliphatic carbocycles. The molecule has 1 aromatic rings. The Morgan fingerprint density at radius 2 is 1.94 bits per heavy atom. The van der Waals surface area contributed by atoms with Gasteiger partial charge >= 0.3 is 0 Å². The van der Waals surface area contributed by atoms with Crippen LogP contribution in [0.1, 0.15) is 38.2 Å². The summed E-state index contributed by atoms with van der Waals surface area (Å²) in [5.41, 5.74) is 2.46. The maximum Gasteiger partial charge on any atom is 0.173 e. The number of nitrogens with zero attached hydrogens (tertiary/aromatic N) is 1. The third-order valence-electron chi connectivity index (χ3n) is 3.48. The molecule has 1 aromatic carbocycles. The van der Waals surface area contributed by atoms with Crippen LogP contribution >= 0.6 is 12.2 Å². The average Bonchev–Trinajstić information content (AvgIpc) is 2.68. The fraction of sp³-hybridized carbons (Fsp3) is 0.533. The molecule has 0 aromatic heterocycles. The van der Waals surface area contributed by atoms with Crippen molar-refractivity contribution in [1.29, 1.82) is 0 Å². The van der Waals surface area contributed by atoms with Gasteiger partial charge in [0.05, 0.1) is 0 Å². The molecule has 0 unspecified atom stereocenters. The van der Waals surface area contributed by atoms with Crippen LogP contribution in [0, 0.1) is 0 Å². The fourth-order valence-electron chi connectivity index (χ4n) is 2.35. The van der Waals surface area contributed by atoms with Gasteiger partial charge in [-0.15, -0.1) is 0 Å². The number of nitrogens with one attached hydrogen (secondary N) is 1. The van der Waals surface area contributed by atoms with E-state index in [1.54, 1.807) is 0 Å². The first-order valence-electron chi connectivity index (χ1n) is 6.94. The molecular weight excluding hydrogens is 240 g/mol. The van der Waals surface area contributed by atoms with Gasteiger partial charge in [-0.1, -0.05) is 31.9 Å². The Morgan fingerprint density at radius 3 is 2.61 bits per heavy atom. The minimum absolute atomic E-state index is 0.880. The number of hydrogen-bond donors (Lipinski definition) is 1. The van der Waals surface area contributed by atoms with Crippen LogP contribution < -0.4 is 5.32 Å². The Bertz CT molecular complexity index is 395. The van der Waals surface area contributed by atoms with E-state index in [9.17, 15) is 0 Å². The van der Waals surface area contributed by atoms with E-state index in [0.717, 1.165) is 30.3 Å². The van der Waals surface area contributed by atoms with E-state index >= 15 is 0 Å². The molecule has 1 saturated heterocycles. The number of likely N-dealkylation sites (tertiary alicyclic amines) is 1. The second kappa shape index (κ2) is 6.74. The monoisotopic (exact) mass is 262 g/mol. The lowest BCUT2D eigenvalue weighted by Crippen LogP contribution is -2.35. The minimum Gasteiger partial charge on any atom is -0.349 e. The van der Waals surface area contributed by atoms with E-state index in [4.69, 9.17) is 12.2 Å². The Labute approximate surface area is 115 Å². The van der Waals surface area contributed by atoms with E-state index < -0.39 is 0 Å². The summed E-state index contributed by atoms with van der Waals surface area (Å²) >= 11 is 5.51. The van der Waals surface area contributed by atoms with Gasteiger partial charge in [0, 0.05) is 18.8 Å². The molecule has 2 rings (SSSR count). The van der Waals surface area contributed by atoms with Crippen LogP contribution in [0.15, 0.2) is 24.3 Å². The summed E-state index contributed by atoms with van der Waals surface area (Å²) < 4.78 is 0. The highest BCUT2D eigenvalue weighted by atomic mass is 32.1. The Hall–Kier alpha value is -1.09. The van der Waals surface area contributed by atoms with Gasteiger partial charge in [-0.05, 0) is 49.2 Å². The van der Waals surface area contributed by atoms with Crippen molar-refractivity contribution >= 4 is 23.0 Å². The predicted octanol–water partition coefficient (Wildman–Crippen LogP) is 3.82. The van der Waals surface area contributed by atoms with Gasteiger partial charge in [0.25, 0.3) is 0 Å². The van der Waals surface area contributed by atoms with Gasteiger partial charge < -0.3 is 10.2 Å². The van der Waals surface area contributed by atoms with E-state index in [2.05, 4.69) is 41.4 Å². The maximum absolute atomic E-state index is 5.51. The fourth-order valence-corrected chi connectivity index (χ4v) is 2.65. The van der Waals surface area contributed by atoms with Crippen LogP contribution in [0.3, 0.4) is 0 Å². The Kier molecular flexibility index (Phi) is 5.00. The molecule has 1 fully saturated rings. The molecule has 0 bridgehead atoms. The molecule has 1 N–H and O–H groups in total. The van der Waals surface area contributed by atoms with Crippen molar-refractivity contribution in [2.45, 2.75) is 39.0 Å². The van der Waals surface area contributed by atoms with Crippen LogP contribution in [0.4, 0.5) is 5.69 Å². The molecule has 98 valence electrons.